The number of amides is 1. The maximum absolute atomic E-state index is 13.3. The van der Waals surface area contributed by atoms with Gasteiger partial charge in [-0.15, -0.1) is 0 Å². The van der Waals surface area contributed by atoms with Gasteiger partial charge in [-0.1, -0.05) is 35.5 Å². The minimum Gasteiger partial charge on any atom is -0.341 e. The van der Waals surface area contributed by atoms with E-state index in [1.807, 2.05) is 62.4 Å². The van der Waals surface area contributed by atoms with Crippen LogP contribution in [0.25, 0.3) is 21.8 Å². The molecule has 184 valence electrons. The Kier molecular flexibility index (Phi) is 6.59. The van der Waals surface area contributed by atoms with Gasteiger partial charge in [0, 0.05) is 52.6 Å². The molecule has 6 nitrogen and oxygen atoms in total. The van der Waals surface area contributed by atoms with Crippen LogP contribution in [0.15, 0.2) is 65.8 Å². The number of likely N-dealkylation sites (tertiary alicyclic amines) is 1. The molecule has 4 aromatic rings. The van der Waals surface area contributed by atoms with Crippen molar-refractivity contribution in [3.8, 4) is 0 Å². The normalized spacial score (nSPS) is 14.4. The minimum atomic E-state index is -0.392. The molecule has 1 saturated heterocycles. The third-order valence-corrected chi connectivity index (χ3v) is 7.13. The first kappa shape index (κ1) is 23.8. The second kappa shape index (κ2) is 9.97. The van der Waals surface area contributed by atoms with Gasteiger partial charge in [0.1, 0.15) is 0 Å². The van der Waals surface area contributed by atoms with Crippen molar-refractivity contribution in [1.29, 1.82) is 0 Å². The van der Waals surface area contributed by atoms with E-state index in [0.717, 1.165) is 77.4 Å². The molecule has 0 spiro atoms. The fourth-order valence-electron chi connectivity index (χ4n) is 5.09. The summed E-state index contributed by atoms with van der Waals surface area (Å²) >= 11 is 0. The molecule has 0 saturated carbocycles. The average Bonchev–Trinajstić information content (AvgIpc) is 3.24. The van der Waals surface area contributed by atoms with Crippen LogP contribution in [0.3, 0.4) is 0 Å². The van der Waals surface area contributed by atoms with Crippen molar-refractivity contribution in [2.75, 3.05) is 13.1 Å². The average molecular weight is 482 g/mol. The summed E-state index contributed by atoms with van der Waals surface area (Å²) in [6, 6.07) is 19.8. The molecule has 1 aliphatic heterocycles. The van der Waals surface area contributed by atoms with Crippen LogP contribution in [-0.2, 0) is 11.4 Å². The van der Waals surface area contributed by atoms with Gasteiger partial charge >= 0.3 is 6.09 Å². The number of oxime groups is 1. The number of carbonyl (C=O) groups excluding carboxylic acids is 2. The zero-order valence-electron chi connectivity index (χ0n) is 21.1. The molecule has 3 aromatic carbocycles. The summed E-state index contributed by atoms with van der Waals surface area (Å²) in [7, 11) is 0. The van der Waals surface area contributed by atoms with E-state index in [9.17, 15) is 9.59 Å². The first-order valence-electron chi connectivity index (χ1n) is 12.6. The number of rotatable bonds is 5. The number of ketones is 1. The Morgan fingerprint density at radius 3 is 2.19 bits per heavy atom. The second-order valence-electron chi connectivity index (χ2n) is 9.43. The predicted octanol–water partition coefficient (Wildman–Crippen LogP) is 6.70. The third kappa shape index (κ3) is 4.39. The molecule has 1 aromatic heterocycles. The molecule has 0 bridgehead atoms. The van der Waals surface area contributed by atoms with Crippen LogP contribution in [0.1, 0.15) is 60.2 Å². The van der Waals surface area contributed by atoms with Crippen LogP contribution in [-0.4, -0.2) is 40.1 Å². The van der Waals surface area contributed by atoms with Gasteiger partial charge in [-0.05, 0) is 81.5 Å². The number of nitrogens with zero attached hydrogens (tertiary/aromatic N) is 3. The summed E-state index contributed by atoms with van der Waals surface area (Å²) in [5.74, 6) is 0.0194. The summed E-state index contributed by atoms with van der Waals surface area (Å²) < 4.78 is 2.25. The molecule has 0 atom stereocenters. The van der Waals surface area contributed by atoms with Crippen LogP contribution < -0.4 is 0 Å². The van der Waals surface area contributed by atoms with Crippen LogP contribution in [0.2, 0.25) is 0 Å². The number of aromatic nitrogens is 1. The quantitative estimate of drug-likeness (QED) is 0.138. The number of aryl methyl sites for hydroxylation is 2. The van der Waals surface area contributed by atoms with Gasteiger partial charge in [0.2, 0.25) is 0 Å². The topological polar surface area (TPSA) is 63.9 Å². The highest BCUT2D eigenvalue weighted by Crippen LogP contribution is 2.31. The standard InChI is InChI=1S/C30H31N3O3/c1-4-33-27-14-12-22(21(3)31-36-30(35)32-16-8-5-9-17-32)18-25(27)26-19-23(13-15-28(26)33)29(34)24-11-7-6-10-20(24)2/h6-7,10-15,18-19H,4-5,8-9,16-17H2,1-3H3. The van der Waals surface area contributed by atoms with Gasteiger partial charge in [0.05, 0.1) is 5.71 Å². The number of benzene rings is 3. The molecule has 1 fully saturated rings. The molecule has 2 heterocycles. The van der Waals surface area contributed by atoms with E-state index in [4.69, 9.17) is 4.84 Å². The Hall–Kier alpha value is -3.93. The van der Waals surface area contributed by atoms with Crippen molar-refractivity contribution in [1.82, 2.24) is 9.47 Å². The molecule has 0 radical (unpaired) electrons. The molecule has 5 rings (SSSR count). The number of fused-ring (bicyclic) bond motifs is 3. The molecular formula is C30H31N3O3. The Morgan fingerprint density at radius 1 is 0.889 bits per heavy atom. The number of piperidine rings is 1. The summed E-state index contributed by atoms with van der Waals surface area (Å²) in [5.41, 5.74) is 6.03. The molecule has 0 aliphatic carbocycles. The van der Waals surface area contributed by atoms with E-state index >= 15 is 0 Å². The lowest BCUT2D eigenvalue weighted by atomic mass is 9.97. The monoisotopic (exact) mass is 481 g/mol. The number of hydrogen-bond donors (Lipinski definition) is 0. The maximum atomic E-state index is 13.3. The van der Waals surface area contributed by atoms with Gasteiger partial charge in [0.15, 0.2) is 5.78 Å². The highest BCUT2D eigenvalue weighted by Gasteiger charge is 2.19. The molecule has 0 N–H and O–H groups in total. The molecule has 1 amide bonds. The third-order valence-electron chi connectivity index (χ3n) is 7.13. The largest absolute Gasteiger partial charge is 0.435 e. The smallest absolute Gasteiger partial charge is 0.341 e. The zero-order valence-corrected chi connectivity index (χ0v) is 21.1. The number of carbonyl (C=O) groups is 2. The molecule has 36 heavy (non-hydrogen) atoms. The van der Waals surface area contributed by atoms with Gasteiger partial charge in [0.25, 0.3) is 0 Å². The van der Waals surface area contributed by atoms with Crippen molar-refractivity contribution in [2.24, 2.45) is 5.16 Å². The van der Waals surface area contributed by atoms with E-state index in [0.29, 0.717) is 11.3 Å². The van der Waals surface area contributed by atoms with E-state index < -0.39 is 6.09 Å². The van der Waals surface area contributed by atoms with Crippen molar-refractivity contribution in [3.05, 3.63) is 82.9 Å². The SMILES string of the molecule is CCn1c2ccc(C(=O)c3ccccc3C)cc2c2cc(C(C)=NOC(=O)N3CCCCC3)ccc21. The maximum Gasteiger partial charge on any atom is 0.435 e. The molecule has 6 heteroatoms. The Morgan fingerprint density at radius 2 is 1.53 bits per heavy atom. The fourth-order valence-corrected chi connectivity index (χ4v) is 5.09. The first-order valence-corrected chi connectivity index (χ1v) is 12.6. The Labute approximate surface area is 211 Å². The first-order chi connectivity index (χ1) is 17.5. The lowest BCUT2D eigenvalue weighted by Gasteiger charge is -2.24. The van der Waals surface area contributed by atoms with E-state index in [2.05, 4.69) is 28.8 Å². The van der Waals surface area contributed by atoms with Crippen molar-refractivity contribution < 1.29 is 14.4 Å². The van der Waals surface area contributed by atoms with Crippen LogP contribution in [0.5, 0.6) is 0 Å². The summed E-state index contributed by atoms with van der Waals surface area (Å²) in [6.45, 7) is 8.17. The van der Waals surface area contributed by atoms with Crippen LogP contribution in [0, 0.1) is 6.92 Å². The lowest BCUT2D eigenvalue weighted by Crippen LogP contribution is -2.35. The summed E-state index contributed by atoms with van der Waals surface area (Å²) in [4.78, 5) is 32.6. The summed E-state index contributed by atoms with van der Waals surface area (Å²) in [6.07, 6.45) is 2.77. The van der Waals surface area contributed by atoms with Crippen LogP contribution >= 0.6 is 0 Å². The van der Waals surface area contributed by atoms with E-state index in [-0.39, 0.29) is 5.78 Å². The Bertz CT molecular complexity index is 1490. The fraction of sp³-hybridized carbons (Fsp3) is 0.300. The van der Waals surface area contributed by atoms with E-state index in [1.54, 1.807) is 4.90 Å². The molecule has 0 unspecified atom stereocenters. The lowest BCUT2D eigenvalue weighted by molar-refractivity contribution is 0.0981. The van der Waals surface area contributed by atoms with Gasteiger partial charge < -0.3 is 9.47 Å². The zero-order chi connectivity index (χ0) is 25.2. The second-order valence-corrected chi connectivity index (χ2v) is 9.43. The van der Waals surface area contributed by atoms with Crippen LogP contribution in [0.4, 0.5) is 4.79 Å². The predicted molar refractivity (Wildman–Crippen MR) is 144 cm³/mol. The van der Waals surface area contributed by atoms with Gasteiger partial charge in [-0.3, -0.25) is 9.63 Å². The molecule has 1 aliphatic rings. The number of hydrogen-bond acceptors (Lipinski definition) is 4. The van der Waals surface area contributed by atoms with Crippen molar-refractivity contribution in [2.45, 2.75) is 46.6 Å². The highest BCUT2D eigenvalue weighted by atomic mass is 16.7. The van der Waals surface area contributed by atoms with Crippen molar-refractivity contribution in [3.63, 3.8) is 0 Å². The minimum absolute atomic E-state index is 0.0194. The highest BCUT2D eigenvalue weighted by molar-refractivity contribution is 6.16. The van der Waals surface area contributed by atoms with Crippen molar-refractivity contribution >= 4 is 39.4 Å². The Balaban J connectivity index is 1.51. The van der Waals surface area contributed by atoms with E-state index in [1.165, 1.54) is 0 Å². The van der Waals surface area contributed by atoms with Gasteiger partial charge in [-0.2, -0.15) is 0 Å². The summed E-state index contributed by atoms with van der Waals surface area (Å²) in [5, 5.41) is 6.21. The molecular weight excluding hydrogens is 450 g/mol. The van der Waals surface area contributed by atoms with Gasteiger partial charge in [-0.25, -0.2) is 4.79 Å².